The number of hydrogen-bond acceptors (Lipinski definition) is 5. The zero-order valence-corrected chi connectivity index (χ0v) is 17.9. The molecule has 0 spiro atoms. The first-order valence-electron chi connectivity index (χ1n) is 9.52. The summed E-state index contributed by atoms with van der Waals surface area (Å²) >= 11 is 0. The molecule has 2 aromatic rings. The van der Waals surface area contributed by atoms with E-state index >= 15 is 0 Å². The van der Waals surface area contributed by atoms with Crippen molar-refractivity contribution < 1.29 is 23.4 Å². The normalized spacial score (nSPS) is 16.7. The van der Waals surface area contributed by atoms with E-state index in [0.29, 0.717) is 13.2 Å². The Bertz CT molecular complexity index is 740. The van der Waals surface area contributed by atoms with E-state index in [-0.39, 0.29) is 11.6 Å². The van der Waals surface area contributed by atoms with E-state index in [2.05, 4.69) is 45.0 Å². The van der Waals surface area contributed by atoms with Gasteiger partial charge in [-0.25, -0.2) is 0 Å². The van der Waals surface area contributed by atoms with E-state index in [9.17, 15) is 4.79 Å². The number of ether oxygens (including phenoxy) is 3. The van der Waals surface area contributed by atoms with Gasteiger partial charge in [0.15, 0.2) is 0 Å². The van der Waals surface area contributed by atoms with Crippen LogP contribution in [-0.2, 0) is 23.4 Å². The Kier molecular flexibility index (Phi) is 6.05. The lowest BCUT2D eigenvalue weighted by molar-refractivity contribution is -0.323. The number of benzene rings is 2. The fraction of sp³-hybridized carbons (Fsp3) is 0.409. The molecule has 150 valence electrons. The minimum absolute atomic E-state index is 0.0138. The number of carbonyl (C=O) groups is 1. The highest BCUT2D eigenvalue weighted by molar-refractivity contribution is 6.99. The summed E-state index contributed by atoms with van der Waals surface area (Å²) in [6.07, 6.45) is 0. The van der Waals surface area contributed by atoms with Crippen LogP contribution in [0.25, 0.3) is 0 Å². The molecule has 5 nitrogen and oxygen atoms in total. The van der Waals surface area contributed by atoms with Crippen LogP contribution in [0.4, 0.5) is 0 Å². The van der Waals surface area contributed by atoms with Gasteiger partial charge < -0.3 is 18.6 Å². The summed E-state index contributed by atoms with van der Waals surface area (Å²) in [5.41, 5.74) is 0. The van der Waals surface area contributed by atoms with Crippen LogP contribution in [0.3, 0.4) is 0 Å². The standard InChI is InChI=1S/C22H28O5Si/c1-18(23)27-22(24-15-16-25-22)17-26-28(21(2,3)4,19-11-7-5-8-12-19)20-13-9-6-10-14-20/h5-14H,15-17H2,1-4H3. The molecule has 0 bridgehead atoms. The summed E-state index contributed by atoms with van der Waals surface area (Å²) in [6, 6.07) is 20.6. The van der Waals surface area contributed by atoms with Crippen LogP contribution in [-0.4, -0.2) is 40.1 Å². The third-order valence-electron chi connectivity index (χ3n) is 4.91. The first-order valence-corrected chi connectivity index (χ1v) is 11.4. The zero-order chi connectivity index (χ0) is 20.3. The molecule has 0 aliphatic carbocycles. The molecule has 0 saturated carbocycles. The summed E-state index contributed by atoms with van der Waals surface area (Å²) in [5, 5.41) is 2.10. The maximum absolute atomic E-state index is 11.6. The first-order chi connectivity index (χ1) is 13.3. The third-order valence-corrected chi connectivity index (χ3v) is 9.89. The van der Waals surface area contributed by atoms with Crippen LogP contribution in [0.1, 0.15) is 27.7 Å². The van der Waals surface area contributed by atoms with Gasteiger partial charge in [0.05, 0.1) is 13.2 Å². The molecule has 0 atom stereocenters. The third kappa shape index (κ3) is 4.05. The van der Waals surface area contributed by atoms with Gasteiger partial charge in [0.1, 0.15) is 6.61 Å². The smallest absolute Gasteiger partial charge is 0.352 e. The number of carbonyl (C=O) groups excluding carboxylic acids is 1. The lowest BCUT2D eigenvalue weighted by Gasteiger charge is -2.44. The molecule has 3 rings (SSSR count). The molecule has 1 saturated heterocycles. The van der Waals surface area contributed by atoms with Gasteiger partial charge in [-0.15, -0.1) is 0 Å². The van der Waals surface area contributed by atoms with Crippen molar-refractivity contribution in [2.24, 2.45) is 0 Å². The van der Waals surface area contributed by atoms with Gasteiger partial charge in [0.25, 0.3) is 8.32 Å². The van der Waals surface area contributed by atoms with E-state index < -0.39 is 20.3 Å². The van der Waals surface area contributed by atoms with Crippen molar-refractivity contribution in [1.29, 1.82) is 0 Å². The van der Waals surface area contributed by atoms with Crippen molar-refractivity contribution in [2.45, 2.75) is 38.7 Å². The maximum atomic E-state index is 11.6. The Hall–Kier alpha value is -1.99. The summed E-state index contributed by atoms with van der Waals surface area (Å²) in [4.78, 5) is 11.6. The quantitative estimate of drug-likeness (QED) is 0.551. The minimum Gasteiger partial charge on any atom is -0.406 e. The topological polar surface area (TPSA) is 54.0 Å². The average Bonchev–Trinajstić information content (AvgIpc) is 3.11. The second kappa shape index (κ2) is 8.17. The van der Waals surface area contributed by atoms with Crippen LogP contribution in [0.5, 0.6) is 0 Å². The number of hydrogen-bond donors (Lipinski definition) is 0. The molecule has 1 aliphatic rings. The van der Waals surface area contributed by atoms with E-state index in [0.717, 1.165) is 10.4 Å². The molecule has 1 fully saturated rings. The molecule has 28 heavy (non-hydrogen) atoms. The lowest BCUT2D eigenvalue weighted by atomic mass is 10.2. The SMILES string of the molecule is CC(=O)OC1(CO[Si](c2ccccc2)(c2ccccc2)C(C)(C)C)OCCO1. The summed E-state index contributed by atoms with van der Waals surface area (Å²) < 4.78 is 23.5. The first kappa shape index (κ1) is 20.7. The van der Waals surface area contributed by atoms with Crippen LogP contribution < -0.4 is 10.4 Å². The molecule has 0 unspecified atom stereocenters. The van der Waals surface area contributed by atoms with Gasteiger partial charge in [0.2, 0.25) is 0 Å². The molecule has 2 aromatic carbocycles. The predicted molar refractivity (Wildman–Crippen MR) is 110 cm³/mol. The Balaban J connectivity index is 2.07. The van der Waals surface area contributed by atoms with Crippen molar-refractivity contribution in [2.75, 3.05) is 19.8 Å². The molecule has 6 heteroatoms. The second-order valence-corrected chi connectivity index (χ2v) is 12.2. The van der Waals surface area contributed by atoms with Gasteiger partial charge in [-0.05, 0) is 15.4 Å². The molecule has 0 radical (unpaired) electrons. The molecule has 0 amide bonds. The van der Waals surface area contributed by atoms with Gasteiger partial charge in [-0.2, -0.15) is 0 Å². The summed E-state index contributed by atoms with van der Waals surface area (Å²) in [5.74, 6) is -1.95. The van der Waals surface area contributed by atoms with E-state index in [1.807, 2.05) is 36.4 Å². The van der Waals surface area contributed by atoms with Crippen molar-refractivity contribution in [3.8, 4) is 0 Å². The molecule has 0 aromatic heterocycles. The van der Waals surface area contributed by atoms with Crippen LogP contribution in [0.15, 0.2) is 60.7 Å². The van der Waals surface area contributed by atoms with E-state index in [4.69, 9.17) is 18.6 Å². The van der Waals surface area contributed by atoms with Gasteiger partial charge >= 0.3 is 11.9 Å². The van der Waals surface area contributed by atoms with Crippen molar-refractivity contribution in [3.05, 3.63) is 60.7 Å². The molecular formula is C22H28O5Si. The van der Waals surface area contributed by atoms with Gasteiger partial charge in [-0.1, -0.05) is 81.4 Å². The Morgan fingerprint density at radius 1 is 0.964 bits per heavy atom. The number of esters is 1. The molecule has 1 heterocycles. The van der Waals surface area contributed by atoms with Crippen LogP contribution in [0, 0.1) is 0 Å². The summed E-state index contributed by atoms with van der Waals surface area (Å²) in [7, 11) is -2.77. The maximum Gasteiger partial charge on any atom is 0.352 e. The Morgan fingerprint density at radius 3 is 1.82 bits per heavy atom. The highest BCUT2D eigenvalue weighted by Crippen LogP contribution is 2.38. The fourth-order valence-electron chi connectivity index (χ4n) is 3.78. The Morgan fingerprint density at radius 2 is 1.43 bits per heavy atom. The van der Waals surface area contributed by atoms with E-state index in [1.54, 1.807) is 0 Å². The van der Waals surface area contributed by atoms with E-state index in [1.165, 1.54) is 6.92 Å². The lowest BCUT2D eigenvalue weighted by Crippen LogP contribution is -2.67. The van der Waals surface area contributed by atoms with Crippen molar-refractivity contribution in [3.63, 3.8) is 0 Å². The van der Waals surface area contributed by atoms with Crippen LogP contribution in [0.2, 0.25) is 5.04 Å². The fourth-order valence-corrected chi connectivity index (χ4v) is 8.33. The zero-order valence-electron chi connectivity index (χ0n) is 16.9. The number of rotatable bonds is 6. The highest BCUT2D eigenvalue weighted by atomic mass is 28.4. The predicted octanol–water partition coefficient (Wildman–Crippen LogP) is 2.83. The van der Waals surface area contributed by atoms with Crippen molar-refractivity contribution >= 4 is 24.7 Å². The van der Waals surface area contributed by atoms with Crippen LogP contribution >= 0.6 is 0 Å². The van der Waals surface area contributed by atoms with Gasteiger partial charge in [-0.3, -0.25) is 4.79 Å². The highest BCUT2D eigenvalue weighted by Gasteiger charge is 2.53. The minimum atomic E-state index is -2.77. The van der Waals surface area contributed by atoms with Gasteiger partial charge in [0, 0.05) is 6.92 Å². The van der Waals surface area contributed by atoms with Crippen molar-refractivity contribution in [1.82, 2.24) is 0 Å². The largest absolute Gasteiger partial charge is 0.406 e. The monoisotopic (exact) mass is 400 g/mol. The molecule has 0 N–H and O–H groups in total. The second-order valence-electron chi connectivity index (χ2n) is 7.93. The molecular weight excluding hydrogens is 372 g/mol. The summed E-state index contributed by atoms with van der Waals surface area (Å²) in [6.45, 7) is 8.64. The molecule has 1 aliphatic heterocycles. The average molecular weight is 401 g/mol. The Labute approximate surface area is 167 Å².